The predicted molar refractivity (Wildman–Crippen MR) is 96.0 cm³/mol. The Morgan fingerprint density at radius 3 is 2.77 bits per heavy atom. The minimum atomic E-state index is 0.0692. The minimum Gasteiger partial charge on any atom is -0.357 e. The standard InChI is InChI=1S/C17H13BrCl2N2/c18-9-1-4-15-13(7-9)11-5-6-21-16(17(11)22-15)12-3-2-10(19)8-14(12)20/h1-4,7-8,16,21-22H,5-6H2. The summed E-state index contributed by atoms with van der Waals surface area (Å²) in [4.78, 5) is 3.56. The summed E-state index contributed by atoms with van der Waals surface area (Å²) >= 11 is 16.0. The Kier molecular flexibility index (Phi) is 3.69. The fourth-order valence-electron chi connectivity index (χ4n) is 3.20. The van der Waals surface area contributed by atoms with Gasteiger partial charge in [-0.3, -0.25) is 0 Å². The second kappa shape index (κ2) is 5.57. The second-order valence-corrected chi connectivity index (χ2v) is 7.27. The summed E-state index contributed by atoms with van der Waals surface area (Å²) in [5.74, 6) is 0. The van der Waals surface area contributed by atoms with Crippen LogP contribution < -0.4 is 5.32 Å². The van der Waals surface area contributed by atoms with E-state index >= 15 is 0 Å². The molecule has 2 nitrogen and oxygen atoms in total. The van der Waals surface area contributed by atoms with Crippen molar-refractivity contribution in [3.8, 4) is 0 Å². The van der Waals surface area contributed by atoms with Crippen molar-refractivity contribution < 1.29 is 0 Å². The molecular formula is C17H13BrCl2N2. The highest BCUT2D eigenvalue weighted by atomic mass is 79.9. The lowest BCUT2D eigenvalue weighted by molar-refractivity contribution is 0.560. The third-order valence-electron chi connectivity index (χ3n) is 4.19. The predicted octanol–water partition coefficient (Wildman–Crippen LogP) is 5.47. The maximum Gasteiger partial charge on any atom is 0.0746 e. The van der Waals surface area contributed by atoms with Crippen LogP contribution in [0.3, 0.4) is 0 Å². The van der Waals surface area contributed by atoms with Crippen molar-refractivity contribution in [2.24, 2.45) is 0 Å². The van der Waals surface area contributed by atoms with E-state index in [0.29, 0.717) is 10.0 Å². The molecule has 0 bridgehead atoms. The third-order valence-corrected chi connectivity index (χ3v) is 5.24. The van der Waals surface area contributed by atoms with Gasteiger partial charge in [0.15, 0.2) is 0 Å². The van der Waals surface area contributed by atoms with Gasteiger partial charge in [-0.1, -0.05) is 45.2 Å². The molecule has 1 aromatic heterocycles. The molecule has 1 atom stereocenters. The van der Waals surface area contributed by atoms with Gasteiger partial charge in [0.2, 0.25) is 0 Å². The Morgan fingerprint density at radius 1 is 1.09 bits per heavy atom. The molecule has 0 spiro atoms. The van der Waals surface area contributed by atoms with Crippen LogP contribution in [0.25, 0.3) is 10.9 Å². The van der Waals surface area contributed by atoms with Gasteiger partial charge in [-0.25, -0.2) is 0 Å². The van der Waals surface area contributed by atoms with Crippen LogP contribution in [0.5, 0.6) is 0 Å². The number of halogens is 3. The van der Waals surface area contributed by atoms with E-state index < -0.39 is 0 Å². The van der Waals surface area contributed by atoms with Gasteiger partial charge in [0.25, 0.3) is 0 Å². The van der Waals surface area contributed by atoms with E-state index in [2.05, 4.69) is 44.4 Å². The van der Waals surface area contributed by atoms with E-state index in [-0.39, 0.29) is 6.04 Å². The first-order chi connectivity index (χ1) is 10.6. The van der Waals surface area contributed by atoms with Crippen LogP contribution in [0, 0.1) is 0 Å². The molecule has 2 N–H and O–H groups in total. The van der Waals surface area contributed by atoms with E-state index in [1.165, 1.54) is 16.6 Å². The Bertz CT molecular complexity index is 872. The summed E-state index contributed by atoms with van der Waals surface area (Å²) in [5, 5.41) is 6.19. The highest BCUT2D eigenvalue weighted by Gasteiger charge is 2.26. The lowest BCUT2D eigenvalue weighted by Gasteiger charge is -2.25. The van der Waals surface area contributed by atoms with Gasteiger partial charge in [-0.05, 0) is 47.9 Å². The van der Waals surface area contributed by atoms with Crippen molar-refractivity contribution in [1.82, 2.24) is 10.3 Å². The minimum absolute atomic E-state index is 0.0692. The summed E-state index contributed by atoms with van der Waals surface area (Å²) in [6.07, 6.45) is 1.01. The highest BCUT2D eigenvalue weighted by molar-refractivity contribution is 9.10. The smallest absolute Gasteiger partial charge is 0.0746 e. The molecular weight excluding hydrogens is 383 g/mol. The number of aromatic nitrogens is 1. The van der Waals surface area contributed by atoms with Crippen molar-refractivity contribution >= 4 is 50.0 Å². The van der Waals surface area contributed by atoms with E-state index in [4.69, 9.17) is 23.2 Å². The number of fused-ring (bicyclic) bond motifs is 3. The zero-order valence-corrected chi connectivity index (χ0v) is 14.7. The molecule has 1 aliphatic heterocycles. The molecule has 2 aromatic carbocycles. The van der Waals surface area contributed by atoms with Gasteiger partial charge in [0, 0.05) is 37.7 Å². The third kappa shape index (κ3) is 2.37. The molecule has 1 aliphatic rings. The quantitative estimate of drug-likeness (QED) is 0.561. The molecule has 0 saturated carbocycles. The number of rotatable bonds is 1. The Morgan fingerprint density at radius 2 is 1.95 bits per heavy atom. The molecule has 0 aliphatic carbocycles. The van der Waals surface area contributed by atoms with Gasteiger partial charge in [0.1, 0.15) is 0 Å². The average Bonchev–Trinajstić information content (AvgIpc) is 2.85. The van der Waals surface area contributed by atoms with Gasteiger partial charge < -0.3 is 10.3 Å². The van der Waals surface area contributed by atoms with Gasteiger partial charge in [0.05, 0.1) is 6.04 Å². The SMILES string of the molecule is Clc1ccc(C2NCCc3c2[nH]c2ccc(Br)cc32)c(Cl)c1. The number of benzene rings is 2. The second-order valence-electron chi connectivity index (χ2n) is 5.51. The molecule has 22 heavy (non-hydrogen) atoms. The molecule has 3 aromatic rings. The number of nitrogens with one attached hydrogen (secondary N) is 2. The fourth-order valence-corrected chi connectivity index (χ4v) is 4.08. The zero-order chi connectivity index (χ0) is 15.3. The molecule has 1 unspecified atom stereocenters. The van der Waals surface area contributed by atoms with E-state index in [1.54, 1.807) is 6.07 Å². The van der Waals surface area contributed by atoms with Crippen LogP contribution in [-0.2, 0) is 6.42 Å². The summed E-state index contributed by atoms with van der Waals surface area (Å²) in [5.41, 5.74) is 4.78. The summed E-state index contributed by atoms with van der Waals surface area (Å²) in [6, 6.07) is 12.1. The van der Waals surface area contributed by atoms with Gasteiger partial charge >= 0.3 is 0 Å². The van der Waals surface area contributed by atoms with Crippen molar-refractivity contribution in [1.29, 1.82) is 0 Å². The van der Waals surface area contributed by atoms with Crippen LogP contribution in [0.2, 0.25) is 10.0 Å². The van der Waals surface area contributed by atoms with Crippen LogP contribution in [0.4, 0.5) is 0 Å². The van der Waals surface area contributed by atoms with E-state index in [9.17, 15) is 0 Å². The Balaban J connectivity index is 1.90. The maximum atomic E-state index is 6.41. The van der Waals surface area contributed by atoms with Crippen LogP contribution in [-0.4, -0.2) is 11.5 Å². The molecule has 0 radical (unpaired) electrons. The first-order valence-electron chi connectivity index (χ1n) is 7.12. The molecule has 2 heterocycles. The summed E-state index contributed by atoms with van der Waals surface area (Å²) in [7, 11) is 0. The summed E-state index contributed by atoms with van der Waals surface area (Å²) in [6.45, 7) is 0.927. The largest absolute Gasteiger partial charge is 0.357 e. The van der Waals surface area contributed by atoms with Crippen molar-refractivity contribution in [2.75, 3.05) is 6.54 Å². The average molecular weight is 396 g/mol. The number of hydrogen-bond donors (Lipinski definition) is 2. The van der Waals surface area contributed by atoms with Crippen molar-refractivity contribution in [3.05, 3.63) is 67.7 Å². The van der Waals surface area contributed by atoms with Crippen molar-refractivity contribution in [3.63, 3.8) is 0 Å². The Labute approximate surface area is 146 Å². The normalized spacial score (nSPS) is 17.7. The molecule has 4 rings (SSSR count). The van der Waals surface area contributed by atoms with E-state index in [0.717, 1.165) is 28.5 Å². The molecule has 112 valence electrons. The molecule has 0 saturated heterocycles. The van der Waals surface area contributed by atoms with Gasteiger partial charge in [-0.15, -0.1) is 0 Å². The van der Waals surface area contributed by atoms with Crippen LogP contribution >= 0.6 is 39.1 Å². The molecule has 0 fully saturated rings. The van der Waals surface area contributed by atoms with Crippen LogP contribution in [0.15, 0.2) is 40.9 Å². The monoisotopic (exact) mass is 394 g/mol. The van der Waals surface area contributed by atoms with Crippen molar-refractivity contribution in [2.45, 2.75) is 12.5 Å². The first-order valence-corrected chi connectivity index (χ1v) is 8.67. The molecule has 0 amide bonds. The van der Waals surface area contributed by atoms with Crippen LogP contribution in [0.1, 0.15) is 22.9 Å². The maximum absolute atomic E-state index is 6.41. The lowest BCUT2D eigenvalue weighted by atomic mass is 9.94. The highest BCUT2D eigenvalue weighted by Crippen LogP contribution is 2.37. The number of hydrogen-bond acceptors (Lipinski definition) is 1. The van der Waals surface area contributed by atoms with Gasteiger partial charge in [-0.2, -0.15) is 0 Å². The number of aromatic amines is 1. The summed E-state index contributed by atoms with van der Waals surface area (Å²) < 4.78 is 1.10. The number of H-pyrrole nitrogens is 1. The zero-order valence-electron chi connectivity index (χ0n) is 11.6. The van der Waals surface area contributed by atoms with E-state index in [1.807, 2.05) is 12.1 Å². The molecule has 5 heteroatoms. The Hall–Kier alpha value is -1.00. The lowest BCUT2D eigenvalue weighted by Crippen LogP contribution is -2.30. The topological polar surface area (TPSA) is 27.8 Å². The first kappa shape index (κ1) is 14.6. The fraction of sp³-hybridized carbons (Fsp3) is 0.176.